The molecule has 1 aromatic carbocycles. The van der Waals surface area contributed by atoms with Gasteiger partial charge in [-0.05, 0) is 37.6 Å². The Morgan fingerprint density at radius 1 is 1.48 bits per heavy atom. The standard InChI is InChI=1S/C14H16ClFN2O3/c15-9-3-4-11(10(16)8-9)17-13(19)5-7-18-6-1-2-12(18)14(20)21/h3-4,8,12H,1-2,5-7H2,(H,17,19)(H,20,21)/t12-/m0/s1. The van der Waals surface area contributed by atoms with Gasteiger partial charge < -0.3 is 10.4 Å². The molecule has 0 aliphatic carbocycles. The average molecular weight is 315 g/mol. The number of rotatable bonds is 5. The normalized spacial score (nSPS) is 18.7. The molecule has 7 heteroatoms. The topological polar surface area (TPSA) is 69.6 Å². The van der Waals surface area contributed by atoms with Gasteiger partial charge in [-0.15, -0.1) is 0 Å². The van der Waals surface area contributed by atoms with E-state index in [9.17, 15) is 14.0 Å². The van der Waals surface area contributed by atoms with E-state index in [1.165, 1.54) is 12.1 Å². The monoisotopic (exact) mass is 314 g/mol. The first kappa shape index (κ1) is 15.7. The first-order valence-electron chi connectivity index (χ1n) is 6.69. The summed E-state index contributed by atoms with van der Waals surface area (Å²) in [5.74, 6) is -1.82. The van der Waals surface area contributed by atoms with Crippen molar-refractivity contribution >= 4 is 29.2 Å². The zero-order chi connectivity index (χ0) is 15.4. The molecule has 2 N–H and O–H groups in total. The fourth-order valence-corrected chi connectivity index (χ4v) is 2.58. The molecule has 0 spiro atoms. The Kier molecular flexibility index (Phi) is 5.14. The lowest BCUT2D eigenvalue weighted by Gasteiger charge is -2.20. The SMILES string of the molecule is O=C(CCN1CCC[C@H]1C(=O)O)Nc1ccc(Cl)cc1F. The highest BCUT2D eigenvalue weighted by Gasteiger charge is 2.30. The van der Waals surface area contributed by atoms with E-state index in [4.69, 9.17) is 16.7 Å². The highest BCUT2D eigenvalue weighted by Crippen LogP contribution is 2.20. The third kappa shape index (κ3) is 4.15. The quantitative estimate of drug-likeness (QED) is 0.875. The minimum atomic E-state index is -0.864. The van der Waals surface area contributed by atoms with Crippen LogP contribution in [-0.4, -0.2) is 41.0 Å². The number of benzene rings is 1. The first-order chi connectivity index (χ1) is 9.97. The maximum Gasteiger partial charge on any atom is 0.320 e. The van der Waals surface area contributed by atoms with Crippen molar-refractivity contribution in [3.8, 4) is 0 Å². The summed E-state index contributed by atoms with van der Waals surface area (Å²) in [5, 5.41) is 11.8. The van der Waals surface area contributed by atoms with Crippen LogP contribution in [0, 0.1) is 5.82 Å². The maximum atomic E-state index is 13.5. The Bertz CT molecular complexity index is 553. The fourth-order valence-electron chi connectivity index (χ4n) is 2.42. The molecule has 0 bridgehead atoms. The molecule has 0 radical (unpaired) electrons. The lowest BCUT2D eigenvalue weighted by molar-refractivity contribution is -0.142. The van der Waals surface area contributed by atoms with Crippen molar-refractivity contribution in [3.05, 3.63) is 29.0 Å². The largest absolute Gasteiger partial charge is 0.480 e. The van der Waals surface area contributed by atoms with Crippen LogP contribution in [0.2, 0.25) is 5.02 Å². The van der Waals surface area contributed by atoms with Crippen LogP contribution in [-0.2, 0) is 9.59 Å². The van der Waals surface area contributed by atoms with Crippen molar-refractivity contribution in [2.24, 2.45) is 0 Å². The first-order valence-corrected chi connectivity index (χ1v) is 7.07. The number of likely N-dealkylation sites (tertiary alicyclic amines) is 1. The van der Waals surface area contributed by atoms with Gasteiger partial charge in [0.2, 0.25) is 5.91 Å². The summed E-state index contributed by atoms with van der Waals surface area (Å²) in [4.78, 5) is 24.6. The van der Waals surface area contributed by atoms with Gasteiger partial charge in [-0.2, -0.15) is 0 Å². The van der Waals surface area contributed by atoms with Gasteiger partial charge in [-0.3, -0.25) is 14.5 Å². The Labute approximate surface area is 126 Å². The van der Waals surface area contributed by atoms with E-state index in [1.807, 2.05) is 0 Å². The number of hydrogen-bond donors (Lipinski definition) is 2. The van der Waals surface area contributed by atoms with E-state index in [1.54, 1.807) is 4.90 Å². The van der Waals surface area contributed by atoms with Crippen LogP contribution in [0.4, 0.5) is 10.1 Å². The third-order valence-corrected chi connectivity index (χ3v) is 3.72. The van der Waals surface area contributed by atoms with Crippen LogP contribution in [0.1, 0.15) is 19.3 Å². The molecule has 0 unspecified atom stereocenters. The molecule has 1 aliphatic heterocycles. The van der Waals surface area contributed by atoms with Gasteiger partial charge >= 0.3 is 5.97 Å². The number of nitrogens with zero attached hydrogens (tertiary/aromatic N) is 1. The number of aliphatic carboxylic acids is 1. The van der Waals surface area contributed by atoms with Crippen LogP contribution in [0.25, 0.3) is 0 Å². The van der Waals surface area contributed by atoms with Crippen LogP contribution >= 0.6 is 11.6 Å². The van der Waals surface area contributed by atoms with Crippen molar-refractivity contribution in [1.82, 2.24) is 4.90 Å². The molecular weight excluding hydrogens is 299 g/mol. The van der Waals surface area contributed by atoms with Gasteiger partial charge in [0.15, 0.2) is 0 Å². The fraction of sp³-hybridized carbons (Fsp3) is 0.429. The van der Waals surface area contributed by atoms with E-state index in [-0.39, 0.29) is 23.0 Å². The molecule has 1 atom stereocenters. The van der Waals surface area contributed by atoms with Crippen molar-refractivity contribution in [3.63, 3.8) is 0 Å². The molecule has 1 heterocycles. The second kappa shape index (κ2) is 6.87. The van der Waals surface area contributed by atoms with Crippen molar-refractivity contribution in [2.75, 3.05) is 18.4 Å². The number of halogens is 2. The maximum absolute atomic E-state index is 13.5. The molecule has 1 aromatic rings. The molecule has 1 aliphatic rings. The minimum Gasteiger partial charge on any atom is -0.480 e. The summed E-state index contributed by atoms with van der Waals surface area (Å²) in [6.45, 7) is 1.01. The van der Waals surface area contributed by atoms with Crippen LogP contribution in [0.3, 0.4) is 0 Å². The lowest BCUT2D eigenvalue weighted by Crippen LogP contribution is -2.37. The molecule has 1 amide bonds. The second-order valence-corrected chi connectivity index (χ2v) is 5.39. The number of carbonyl (C=O) groups excluding carboxylic acids is 1. The molecule has 5 nitrogen and oxygen atoms in total. The highest BCUT2D eigenvalue weighted by molar-refractivity contribution is 6.30. The van der Waals surface area contributed by atoms with E-state index in [0.717, 1.165) is 12.5 Å². The van der Waals surface area contributed by atoms with E-state index >= 15 is 0 Å². The minimum absolute atomic E-state index is 0.0700. The summed E-state index contributed by atoms with van der Waals surface area (Å²) in [6, 6.07) is 3.48. The Morgan fingerprint density at radius 3 is 2.90 bits per heavy atom. The summed E-state index contributed by atoms with van der Waals surface area (Å²) >= 11 is 5.63. The zero-order valence-electron chi connectivity index (χ0n) is 11.3. The van der Waals surface area contributed by atoms with Crippen LogP contribution in [0.15, 0.2) is 18.2 Å². The molecule has 21 heavy (non-hydrogen) atoms. The Balaban J connectivity index is 1.86. The molecule has 1 saturated heterocycles. The van der Waals surface area contributed by atoms with Crippen molar-refractivity contribution in [1.29, 1.82) is 0 Å². The number of carbonyl (C=O) groups is 2. The zero-order valence-corrected chi connectivity index (χ0v) is 12.1. The van der Waals surface area contributed by atoms with E-state index < -0.39 is 17.8 Å². The van der Waals surface area contributed by atoms with Gasteiger partial charge in [-0.1, -0.05) is 11.6 Å². The number of carboxylic acid groups (broad SMARTS) is 1. The number of hydrogen-bond acceptors (Lipinski definition) is 3. The predicted molar refractivity (Wildman–Crippen MR) is 76.9 cm³/mol. The van der Waals surface area contributed by atoms with Crippen molar-refractivity contribution < 1.29 is 19.1 Å². The van der Waals surface area contributed by atoms with E-state index in [0.29, 0.717) is 19.5 Å². The van der Waals surface area contributed by atoms with Gasteiger partial charge in [0.25, 0.3) is 0 Å². The molecule has 1 fully saturated rings. The van der Waals surface area contributed by atoms with E-state index in [2.05, 4.69) is 5.32 Å². The van der Waals surface area contributed by atoms with Gasteiger partial charge in [0.1, 0.15) is 11.9 Å². The third-order valence-electron chi connectivity index (χ3n) is 3.48. The smallest absolute Gasteiger partial charge is 0.320 e. The lowest BCUT2D eigenvalue weighted by atomic mass is 10.2. The molecule has 0 saturated carbocycles. The average Bonchev–Trinajstić information content (AvgIpc) is 2.88. The second-order valence-electron chi connectivity index (χ2n) is 4.95. The van der Waals surface area contributed by atoms with Gasteiger partial charge in [-0.25, -0.2) is 4.39 Å². The Morgan fingerprint density at radius 2 is 2.24 bits per heavy atom. The number of nitrogens with one attached hydrogen (secondary N) is 1. The van der Waals surface area contributed by atoms with Gasteiger partial charge in [0, 0.05) is 18.0 Å². The Hall–Kier alpha value is -1.66. The summed E-state index contributed by atoms with van der Waals surface area (Å²) in [6.07, 6.45) is 1.53. The predicted octanol–water partition coefficient (Wildman–Crippen LogP) is 2.36. The number of carboxylic acids is 1. The highest BCUT2D eigenvalue weighted by atomic mass is 35.5. The summed E-state index contributed by atoms with van der Waals surface area (Å²) < 4.78 is 13.5. The van der Waals surface area contributed by atoms with Crippen molar-refractivity contribution in [2.45, 2.75) is 25.3 Å². The summed E-state index contributed by atoms with van der Waals surface area (Å²) in [5.41, 5.74) is 0.0700. The molecule has 0 aromatic heterocycles. The number of amides is 1. The molecule has 114 valence electrons. The summed E-state index contributed by atoms with van der Waals surface area (Å²) in [7, 11) is 0. The number of anilines is 1. The van der Waals surface area contributed by atoms with Crippen LogP contribution < -0.4 is 5.32 Å². The molecular formula is C14H16ClFN2O3. The molecule has 2 rings (SSSR count). The van der Waals surface area contributed by atoms with Crippen LogP contribution in [0.5, 0.6) is 0 Å². The van der Waals surface area contributed by atoms with Gasteiger partial charge in [0.05, 0.1) is 5.69 Å².